The molecule has 5 amide bonds. The molecule has 13 heteroatoms. The second-order valence-corrected chi connectivity index (χ2v) is 9.32. The molecule has 1 heterocycles. The molecule has 214 valence electrons. The number of carbonyl (C=O) groups is 5. The van der Waals surface area contributed by atoms with Crippen LogP contribution in [-0.2, 0) is 38.2 Å². The third-order valence-electron chi connectivity index (χ3n) is 6.25. The van der Waals surface area contributed by atoms with Gasteiger partial charge in [-0.15, -0.1) is 0 Å². The lowest BCUT2D eigenvalue weighted by molar-refractivity contribution is -0.138. The predicted octanol–water partition coefficient (Wildman–Crippen LogP) is -1.54. The molecular formula is C25H41N5O8. The summed E-state index contributed by atoms with van der Waals surface area (Å²) in [5.74, 6) is -1.00. The van der Waals surface area contributed by atoms with Gasteiger partial charge in [-0.05, 0) is 38.5 Å². The Kier molecular flexibility index (Phi) is 14.5. The third-order valence-corrected chi connectivity index (χ3v) is 6.25. The van der Waals surface area contributed by atoms with Gasteiger partial charge in [0.2, 0.25) is 17.7 Å². The van der Waals surface area contributed by atoms with Crippen LogP contribution >= 0.6 is 0 Å². The number of imide groups is 1. The first kappa shape index (κ1) is 31.3. The first-order valence-corrected chi connectivity index (χ1v) is 13.1. The minimum absolute atomic E-state index is 0.0153. The Labute approximate surface area is 223 Å². The van der Waals surface area contributed by atoms with Gasteiger partial charge in [0.1, 0.15) is 0 Å². The van der Waals surface area contributed by atoms with Crippen LogP contribution in [0.5, 0.6) is 0 Å². The molecule has 5 N–H and O–H groups in total. The fourth-order valence-electron chi connectivity index (χ4n) is 4.06. The van der Waals surface area contributed by atoms with Crippen molar-refractivity contribution in [3.8, 4) is 0 Å². The number of amides is 5. The number of hydrogen-bond acceptors (Lipinski definition) is 9. The van der Waals surface area contributed by atoms with Gasteiger partial charge in [-0.3, -0.25) is 28.9 Å². The summed E-state index contributed by atoms with van der Waals surface area (Å²) in [6, 6.07) is -0.660. The highest BCUT2D eigenvalue weighted by atomic mass is 16.5. The van der Waals surface area contributed by atoms with E-state index in [1.807, 2.05) is 0 Å². The molecular weight excluding hydrogens is 498 g/mol. The molecule has 13 nitrogen and oxygen atoms in total. The SMILES string of the molecule is C[C@@H](N)C(=O)NCC(=O)NCCOCCOCCOCCNC(=O)C1CCC(CN2C(=O)C=CC2=O)CC1. The maximum Gasteiger partial charge on any atom is 0.253 e. The number of hydrogen-bond donors (Lipinski definition) is 4. The minimum Gasteiger partial charge on any atom is -0.377 e. The fraction of sp³-hybridized carbons (Fsp3) is 0.720. The van der Waals surface area contributed by atoms with E-state index in [1.165, 1.54) is 24.0 Å². The standard InChI is InChI=1S/C25H41N5O8/c1-18(26)24(34)29-16-21(31)27-8-10-36-12-14-38-15-13-37-11-9-28-25(35)20-4-2-19(3-5-20)17-30-22(32)6-7-23(30)33/h6-7,18-20H,2-5,8-17,26H2,1H3,(H,27,31)(H,28,35)(H,29,34)/t18-,19?,20?/m1/s1. The molecule has 1 aliphatic carbocycles. The van der Waals surface area contributed by atoms with Crippen LogP contribution in [0.3, 0.4) is 0 Å². The largest absolute Gasteiger partial charge is 0.377 e. The van der Waals surface area contributed by atoms with Crippen LogP contribution in [0.2, 0.25) is 0 Å². The van der Waals surface area contributed by atoms with Crippen molar-refractivity contribution in [2.45, 2.75) is 38.6 Å². The number of rotatable bonds is 18. The van der Waals surface area contributed by atoms with E-state index in [0.717, 1.165) is 25.7 Å². The van der Waals surface area contributed by atoms with Crippen LogP contribution in [0.1, 0.15) is 32.6 Å². The summed E-state index contributed by atoms with van der Waals surface area (Å²) in [4.78, 5) is 59.9. The topological polar surface area (TPSA) is 178 Å². The van der Waals surface area contributed by atoms with Crippen LogP contribution in [0.4, 0.5) is 0 Å². The van der Waals surface area contributed by atoms with Crippen molar-refractivity contribution in [1.29, 1.82) is 0 Å². The maximum atomic E-state index is 12.4. The average Bonchev–Trinajstić information content (AvgIpc) is 3.22. The Hall–Kier alpha value is -2.87. The summed E-state index contributed by atoms with van der Waals surface area (Å²) in [6.07, 6.45) is 5.72. The van der Waals surface area contributed by atoms with Gasteiger partial charge in [-0.2, -0.15) is 0 Å². The van der Waals surface area contributed by atoms with Crippen molar-refractivity contribution in [3.63, 3.8) is 0 Å². The average molecular weight is 540 g/mol. The van der Waals surface area contributed by atoms with Gasteiger partial charge in [-0.25, -0.2) is 0 Å². The summed E-state index contributed by atoms with van der Waals surface area (Å²) in [7, 11) is 0. The fourth-order valence-corrected chi connectivity index (χ4v) is 4.06. The zero-order valence-electron chi connectivity index (χ0n) is 22.1. The van der Waals surface area contributed by atoms with Crippen molar-refractivity contribution in [2.75, 3.05) is 65.8 Å². The molecule has 2 rings (SSSR count). The number of carbonyl (C=O) groups excluding carboxylic acids is 5. The number of nitrogens with two attached hydrogens (primary N) is 1. The highest BCUT2D eigenvalue weighted by Gasteiger charge is 2.31. The highest BCUT2D eigenvalue weighted by Crippen LogP contribution is 2.30. The quantitative estimate of drug-likeness (QED) is 0.119. The Bertz CT molecular complexity index is 809. The highest BCUT2D eigenvalue weighted by molar-refractivity contribution is 6.12. The molecule has 1 fully saturated rings. The first-order valence-electron chi connectivity index (χ1n) is 13.1. The van der Waals surface area contributed by atoms with Gasteiger partial charge in [-0.1, -0.05) is 0 Å². The van der Waals surface area contributed by atoms with Crippen molar-refractivity contribution in [2.24, 2.45) is 17.6 Å². The smallest absolute Gasteiger partial charge is 0.253 e. The van der Waals surface area contributed by atoms with Crippen LogP contribution in [-0.4, -0.2) is 106 Å². The third kappa shape index (κ3) is 12.1. The molecule has 2 aliphatic rings. The monoisotopic (exact) mass is 539 g/mol. The van der Waals surface area contributed by atoms with E-state index in [4.69, 9.17) is 19.9 Å². The van der Waals surface area contributed by atoms with Crippen LogP contribution in [0.15, 0.2) is 12.2 Å². The molecule has 1 aliphatic heterocycles. The van der Waals surface area contributed by atoms with Crippen LogP contribution in [0, 0.1) is 11.8 Å². The molecule has 0 bridgehead atoms. The van der Waals surface area contributed by atoms with E-state index in [-0.39, 0.29) is 47.9 Å². The van der Waals surface area contributed by atoms with E-state index in [2.05, 4.69) is 16.0 Å². The van der Waals surface area contributed by atoms with Crippen LogP contribution in [0.25, 0.3) is 0 Å². The molecule has 0 spiro atoms. The van der Waals surface area contributed by atoms with Crippen molar-refractivity contribution in [1.82, 2.24) is 20.9 Å². The number of ether oxygens (including phenoxy) is 3. The second-order valence-electron chi connectivity index (χ2n) is 9.32. The molecule has 0 aromatic carbocycles. The van der Waals surface area contributed by atoms with Crippen molar-refractivity contribution in [3.05, 3.63) is 12.2 Å². The summed E-state index contributed by atoms with van der Waals surface area (Å²) >= 11 is 0. The second kappa shape index (κ2) is 17.6. The maximum absolute atomic E-state index is 12.4. The number of nitrogens with one attached hydrogen (secondary N) is 3. The Morgan fingerprint density at radius 2 is 1.39 bits per heavy atom. The summed E-state index contributed by atoms with van der Waals surface area (Å²) in [5.41, 5.74) is 5.39. The minimum atomic E-state index is -0.660. The lowest BCUT2D eigenvalue weighted by Gasteiger charge is -2.30. The van der Waals surface area contributed by atoms with E-state index < -0.39 is 6.04 Å². The van der Waals surface area contributed by atoms with E-state index >= 15 is 0 Å². The predicted molar refractivity (Wildman–Crippen MR) is 136 cm³/mol. The normalized spacial score (nSPS) is 19.9. The van der Waals surface area contributed by atoms with Gasteiger partial charge in [0, 0.05) is 37.7 Å². The molecule has 0 radical (unpaired) electrons. The van der Waals surface area contributed by atoms with Gasteiger partial charge in [0.05, 0.1) is 52.2 Å². The van der Waals surface area contributed by atoms with E-state index in [1.54, 1.807) is 0 Å². The summed E-state index contributed by atoms with van der Waals surface area (Å²) < 4.78 is 16.2. The summed E-state index contributed by atoms with van der Waals surface area (Å²) in [6.45, 7) is 4.84. The Morgan fingerprint density at radius 1 is 0.868 bits per heavy atom. The summed E-state index contributed by atoms with van der Waals surface area (Å²) in [5, 5.41) is 7.94. The first-order chi connectivity index (χ1) is 18.3. The lowest BCUT2D eigenvalue weighted by Crippen LogP contribution is -2.44. The Morgan fingerprint density at radius 3 is 1.95 bits per heavy atom. The van der Waals surface area contributed by atoms with E-state index in [0.29, 0.717) is 59.3 Å². The van der Waals surface area contributed by atoms with Crippen molar-refractivity contribution < 1.29 is 38.2 Å². The zero-order valence-corrected chi connectivity index (χ0v) is 22.1. The lowest BCUT2D eigenvalue weighted by atomic mass is 9.81. The molecule has 1 saturated carbocycles. The van der Waals surface area contributed by atoms with Gasteiger partial charge in [0.15, 0.2) is 0 Å². The Balaban J connectivity index is 1.35. The van der Waals surface area contributed by atoms with Gasteiger partial charge in [0.25, 0.3) is 11.8 Å². The van der Waals surface area contributed by atoms with Gasteiger partial charge < -0.3 is 35.9 Å². The molecule has 0 saturated heterocycles. The van der Waals surface area contributed by atoms with E-state index in [9.17, 15) is 24.0 Å². The molecule has 0 unspecified atom stereocenters. The number of nitrogens with zero attached hydrogens (tertiary/aromatic N) is 1. The van der Waals surface area contributed by atoms with Crippen LogP contribution < -0.4 is 21.7 Å². The molecule has 38 heavy (non-hydrogen) atoms. The van der Waals surface area contributed by atoms with Gasteiger partial charge >= 0.3 is 0 Å². The molecule has 1 atom stereocenters. The zero-order chi connectivity index (χ0) is 27.8. The molecule has 0 aromatic rings. The molecule has 0 aromatic heterocycles. The van der Waals surface area contributed by atoms with Crippen molar-refractivity contribution >= 4 is 29.5 Å².